The van der Waals surface area contributed by atoms with Crippen LogP contribution in [0.5, 0.6) is 0 Å². The number of rotatable bonds is 4. The number of nitriles is 3. The normalized spacial score (nSPS) is 11.1. The van der Waals surface area contributed by atoms with E-state index in [4.69, 9.17) is 0 Å². The minimum atomic E-state index is 0.386. The lowest BCUT2D eigenvalue weighted by Gasteiger charge is -2.18. The summed E-state index contributed by atoms with van der Waals surface area (Å²) in [6, 6.07) is 57.8. The van der Waals surface area contributed by atoms with Crippen molar-refractivity contribution >= 4 is 43.6 Å². The van der Waals surface area contributed by atoms with Crippen molar-refractivity contribution in [1.82, 2.24) is 9.13 Å². The van der Waals surface area contributed by atoms with Crippen molar-refractivity contribution in [2.45, 2.75) is 0 Å². The Hall–Kier alpha value is -7.39. The molecule has 0 atom stereocenters. The zero-order valence-corrected chi connectivity index (χ0v) is 26.7. The van der Waals surface area contributed by atoms with Gasteiger partial charge in [0.1, 0.15) is 12.1 Å². The molecule has 0 aliphatic heterocycles. The third-order valence-corrected chi connectivity index (χ3v) is 9.63. The topological polar surface area (TPSA) is 81.2 Å². The molecule has 2 aromatic heterocycles. The van der Waals surface area contributed by atoms with Gasteiger partial charge in [-0.1, -0.05) is 97.1 Å². The van der Waals surface area contributed by atoms with Crippen molar-refractivity contribution < 1.29 is 0 Å². The largest absolute Gasteiger partial charge is 0.309 e. The standard InChI is InChI=1S/C45H25N5/c46-26-29-21-22-44-39(23-29)38-16-6-10-20-43(38)50(44)45-31(27-47)24-30(25-32(45)28-48)33-11-1-2-12-34(33)35-13-3-7-17-40(35)49-41-18-8-4-14-36(41)37-15-5-9-19-42(37)49/h1-25H. The van der Waals surface area contributed by atoms with Crippen LogP contribution in [-0.2, 0) is 0 Å². The molecule has 7 aromatic carbocycles. The van der Waals surface area contributed by atoms with E-state index in [-0.39, 0.29) is 0 Å². The summed E-state index contributed by atoms with van der Waals surface area (Å²) in [4.78, 5) is 0. The first-order valence-electron chi connectivity index (χ1n) is 16.3. The van der Waals surface area contributed by atoms with Crippen molar-refractivity contribution in [3.05, 3.63) is 168 Å². The van der Waals surface area contributed by atoms with Crippen LogP contribution in [0.2, 0.25) is 0 Å². The van der Waals surface area contributed by atoms with Crippen molar-refractivity contribution in [3.63, 3.8) is 0 Å². The Balaban J connectivity index is 1.28. The average Bonchev–Trinajstić information content (AvgIpc) is 3.69. The Morgan fingerprint density at radius 3 is 1.46 bits per heavy atom. The molecule has 0 unspecified atom stereocenters. The highest BCUT2D eigenvalue weighted by molar-refractivity contribution is 6.11. The average molecular weight is 636 g/mol. The molecule has 0 spiro atoms. The Morgan fingerprint density at radius 1 is 0.380 bits per heavy atom. The molecule has 0 radical (unpaired) electrons. The van der Waals surface area contributed by atoms with E-state index in [2.05, 4.69) is 102 Å². The van der Waals surface area contributed by atoms with Crippen molar-refractivity contribution in [1.29, 1.82) is 15.8 Å². The minimum absolute atomic E-state index is 0.386. The monoisotopic (exact) mass is 635 g/mol. The maximum atomic E-state index is 10.7. The summed E-state index contributed by atoms with van der Waals surface area (Å²) >= 11 is 0. The van der Waals surface area contributed by atoms with E-state index in [1.807, 2.05) is 71.3 Å². The fraction of sp³-hybridized carbons (Fsp3) is 0. The Morgan fingerprint density at radius 2 is 0.860 bits per heavy atom. The summed E-state index contributed by atoms with van der Waals surface area (Å²) in [5.74, 6) is 0. The van der Waals surface area contributed by atoms with E-state index in [1.165, 1.54) is 10.8 Å². The second-order valence-corrected chi connectivity index (χ2v) is 12.3. The van der Waals surface area contributed by atoms with Gasteiger partial charge in [-0.3, -0.25) is 0 Å². The number of hydrogen-bond acceptors (Lipinski definition) is 3. The van der Waals surface area contributed by atoms with Gasteiger partial charge in [-0.25, -0.2) is 0 Å². The Labute approximate surface area is 287 Å². The molecule has 0 N–H and O–H groups in total. The fourth-order valence-corrected chi connectivity index (χ4v) is 7.53. The van der Waals surface area contributed by atoms with Crippen LogP contribution >= 0.6 is 0 Å². The summed E-state index contributed by atoms with van der Waals surface area (Å²) in [6.07, 6.45) is 0. The van der Waals surface area contributed by atoms with Gasteiger partial charge in [0.05, 0.1) is 56.2 Å². The van der Waals surface area contributed by atoms with Gasteiger partial charge in [-0.15, -0.1) is 0 Å². The molecule has 9 aromatic rings. The molecule has 9 rings (SSSR count). The number of hydrogen-bond donors (Lipinski definition) is 0. The fourth-order valence-electron chi connectivity index (χ4n) is 7.53. The van der Waals surface area contributed by atoms with Crippen LogP contribution in [0.3, 0.4) is 0 Å². The van der Waals surface area contributed by atoms with E-state index in [1.54, 1.807) is 6.07 Å². The second kappa shape index (κ2) is 11.4. The molecule has 230 valence electrons. The molecule has 5 heteroatoms. The summed E-state index contributed by atoms with van der Waals surface area (Å²) in [5, 5.41) is 35.2. The molecule has 0 amide bonds. The highest BCUT2D eigenvalue weighted by atomic mass is 15.0. The third kappa shape index (κ3) is 4.24. The van der Waals surface area contributed by atoms with Crippen molar-refractivity contribution in [2.24, 2.45) is 0 Å². The molecule has 0 aliphatic rings. The smallest absolute Gasteiger partial charge is 0.101 e. The van der Waals surface area contributed by atoms with Gasteiger partial charge in [0, 0.05) is 27.1 Å². The van der Waals surface area contributed by atoms with E-state index < -0.39 is 0 Å². The molecule has 0 aliphatic carbocycles. The van der Waals surface area contributed by atoms with E-state index in [0.29, 0.717) is 22.4 Å². The molecule has 0 saturated heterocycles. The van der Waals surface area contributed by atoms with Gasteiger partial charge in [0.15, 0.2) is 0 Å². The molecule has 0 saturated carbocycles. The zero-order valence-electron chi connectivity index (χ0n) is 26.7. The molecule has 0 fully saturated rings. The Bertz CT molecular complexity index is 2880. The van der Waals surface area contributed by atoms with Crippen LogP contribution in [0.4, 0.5) is 0 Å². The van der Waals surface area contributed by atoms with Gasteiger partial charge >= 0.3 is 0 Å². The maximum Gasteiger partial charge on any atom is 0.101 e. The lowest BCUT2D eigenvalue weighted by molar-refractivity contribution is 1.15. The van der Waals surface area contributed by atoms with Gasteiger partial charge in [0.25, 0.3) is 0 Å². The molecular weight excluding hydrogens is 611 g/mol. The highest BCUT2D eigenvalue weighted by Crippen LogP contribution is 2.41. The second-order valence-electron chi connectivity index (χ2n) is 12.3. The molecule has 50 heavy (non-hydrogen) atoms. The predicted octanol–water partition coefficient (Wildman–Crippen LogP) is 10.8. The quantitative estimate of drug-likeness (QED) is 0.193. The summed E-state index contributed by atoms with van der Waals surface area (Å²) in [6.45, 7) is 0. The number of aromatic nitrogens is 2. The van der Waals surface area contributed by atoms with Crippen LogP contribution < -0.4 is 0 Å². The zero-order chi connectivity index (χ0) is 33.8. The van der Waals surface area contributed by atoms with Gasteiger partial charge in [-0.05, 0) is 71.3 Å². The van der Waals surface area contributed by atoms with Crippen LogP contribution in [0, 0.1) is 34.0 Å². The maximum absolute atomic E-state index is 10.7. The summed E-state index contributed by atoms with van der Waals surface area (Å²) in [7, 11) is 0. The predicted molar refractivity (Wildman–Crippen MR) is 200 cm³/mol. The van der Waals surface area contributed by atoms with E-state index in [0.717, 1.165) is 60.8 Å². The molecular formula is C45H25N5. The van der Waals surface area contributed by atoms with Crippen molar-refractivity contribution in [2.75, 3.05) is 0 Å². The first kappa shape index (κ1) is 28.8. The minimum Gasteiger partial charge on any atom is -0.309 e. The number of benzene rings is 7. The lowest BCUT2D eigenvalue weighted by Crippen LogP contribution is -2.03. The SMILES string of the molecule is N#Cc1ccc2c(c1)c1ccccc1n2-c1c(C#N)cc(-c2ccccc2-c2ccccc2-n2c3ccccc3c3ccccc32)cc1C#N. The first-order valence-corrected chi connectivity index (χ1v) is 16.3. The lowest BCUT2D eigenvalue weighted by atomic mass is 9.91. The molecule has 5 nitrogen and oxygen atoms in total. The van der Waals surface area contributed by atoms with E-state index in [9.17, 15) is 15.8 Å². The number of fused-ring (bicyclic) bond motifs is 6. The van der Waals surface area contributed by atoms with Crippen LogP contribution in [0.1, 0.15) is 16.7 Å². The summed E-state index contributed by atoms with van der Waals surface area (Å²) < 4.78 is 4.30. The van der Waals surface area contributed by atoms with Crippen LogP contribution in [0.25, 0.3) is 77.2 Å². The molecule has 2 heterocycles. The van der Waals surface area contributed by atoms with Crippen LogP contribution in [-0.4, -0.2) is 9.13 Å². The number of para-hydroxylation sites is 4. The number of nitrogens with zero attached hydrogens (tertiary/aromatic N) is 5. The van der Waals surface area contributed by atoms with Crippen LogP contribution in [0.15, 0.2) is 152 Å². The van der Waals surface area contributed by atoms with Crippen molar-refractivity contribution in [3.8, 4) is 51.8 Å². The summed E-state index contributed by atoms with van der Waals surface area (Å²) in [5.41, 5.74) is 10.5. The molecule has 0 bridgehead atoms. The van der Waals surface area contributed by atoms with E-state index >= 15 is 0 Å². The first-order chi connectivity index (χ1) is 24.7. The van der Waals surface area contributed by atoms with Gasteiger partial charge < -0.3 is 9.13 Å². The highest BCUT2D eigenvalue weighted by Gasteiger charge is 2.22. The third-order valence-electron chi connectivity index (χ3n) is 9.63. The van der Waals surface area contributed by atoms with Gasteiger partial charge in [0.2, 0.25) is 0 Å². The Kier molecular flexibility index (Phi) is 6.56. The van der Waals surface area contributed by atoms with Gasteiger partial charge in [-0.2, -0.15) is 15.8 Å².